The number of carboxylic acids is 1. The minimum absolute atomic E-state index is 0.0437. The third-order valence-electron chi connectivity index (χ3n) is 2.33. The SMILES string of the molecule is O=C1CC(C(=O)O)N(c2ccc(Cl)cc2)N1. The van der Waals surface area contributed by atoms with Gasteiger partial charge in [0, 0.05) is 5.02 Å². The largest absolute Gasteiger partial charge is 0.480 e. The third kappa shape index (κ3) is 1.94. The second-order valence-corrected chi connectivity index (χ2v) is 3.88. The van der Waals surface area contributed by atoms with Crippen LogP contribution in [0, 0.1) is 0 Å². The predicted molar refractivity (Wildman–Crippen MR) is 58.1 cm³/mol. The van der Waals surface area contributed by atoms with Gasteiger partial charge in [0.15, 0.2) is 6.04 Å². The Morgan fingerprint density at radius 1 is 1.44 bits per heavy atom. The minimum Gasteiger partial charge on any atom is -0.480 e. The fraction of sp³-hybridized carbons (Fsp3) is 0.200. The third-order valence-corrected chi connectivity index (χ3v) is 2.58. The Labute approximate surface area is 96.6 Å². The van der Waals surface area contributed by atoms with Crippen molar-refractivity contribution in [1.82, 2.24) is 5.43 Å². The standard InChI is InChI=1S/C10H9ClN2O3/c11-6-1-3-7(4-2-6)13-8(10(15)16)5-9(14)12-13/h1-4,8H,5H2,(H,12,14)(H,15,16). The van der Waals surface area contributed by atoms with Gasteiger partial charge < -0.3 is 5.11 Å². The normalized spacial score (nSPS) is 19.7. The average Bonchev–Trinajstić information content (AvgIpc) is 2.61. The summed E-state index contributed by atoms with van der Waals surface area (Å²) in [7, 11) is 0. The zero-order valence-corrected chi connectivity index (χ0v) is 8.94. The zero-order valence-electron chi connectivity index (χ0n) is 8.18. The molecular formula is C10H9ClN2O3. The molecule has 0 spiro atoms. The molecule has 1 aromatic rings. The van der Waals surface area contributed by atoms with E-state index in [1.54, 1.807) is 24.3 Å². The molecule has 0 bridgehead atoms. The van der Waals surface area contributed by atoms with Gasteiger partial charge in [0.2, 0.25) is 5.91 Å². The molecule has 2 rings (SSSR count). The van der Waals surface area contributed by atoms with Gasteiger partial charge in [-0.3, -0.25) is 15.2 Å². The Morgan fingerprint density at radius 2 is 2.06 bits per heavy atom. The van der Waals surface area contributed by atoms with E-state index in [4.69, 9.17) is 16.7 Å². The van der Waals surface area contributed by atoms with Crippen LogP contribution < -0.4 is 10.4 Å². The fourth-order valence-corrected chi connectivity index (χ4v) is 1.69. The first kappa shape index (κ1) is 10.8. The molecule has 5 nitrogen and oxygen atoms in total. The lowest BCUT2D eigenvalue weighted by atomic mass is 10.2. The molecule has 84 valence electrons. The highest BCUT2D eigenvalue weighted by Gasteiger charge is 2.35. The van der Waals surface area contributed by atoms with Gasteiger partial charge >= 0.3 is 5.97 Å². The maximum atomic E-state index is 11.2. The van der Waals surface area contributed by atoms with Gasteiger partial charge in [0.05, 0.1) is 12.1 Å². The highest BCUT2D eigenvalue weighted by atomic mass is 35.5. The number of nitrogens with one attached hydrogen (secondary N) is 1. The van der Waals surface area contributed by atoms with Crippen molar-refractivity contribution in [2.75, 3.05) is 5.01 Å². The molecule has 1 unspecified atom stereocenters. The van der Waals surface area contributed by atoms with Gasteiger partial charge in [-0.1, -0.05) is 11.6 Å². The first-order valence-corrected chi connectivity index (χ1v) is 5.03. The molecule has 1 fully saturated rings. The molecule has 1 atom stereocenters. The van der Waals surface area contributed by atoms with Crippen LogP contribution in [0.1, 0.15) is 6.42 Å². The molecule has 1 aliphatic heterocycles. The van der Waals surface area contributed by atoms with E-state index in [0.717, 1.165) is 0 Å². The van der Waals surface area contributed by atoms with Crippen LogP contribution in [0.5, 0.6) is 0 Å². The van der Waals surface area contributed by atoms with Gasteiger partial charge in [-0.15, -0.1) is 0 Å². The summed E-state index contributed by atoms with van der Waals surface area (Å²) >= 11 is 5.72. The maximum Gasteiger partial charge on any atom is 0.328 e. The van der Waals surface area contributed by atoms with E-state index < -0.39 is 12.0 Å². The highest BCUT2D eigenvalue weighted by Crippen LogP contribution is 2.22. The van der Waals surface area contributed by atoms with Crippen LogP contribution in [0.2, 0.25) is 5.02 Å². The van der Waals surface area contributed by atoms with Gasteiger partial charge in [-0.2, -0.15) is 0 Å². The van der Waals surface area contributed by atoms with Gasteiger partial charge in [0.25, 0.3) is 0 Å². The Balaban J connectivity index is 2.28. The number of rotatable bonds is 2. The van der Waals surface area contributed by atoms with Crippen LogP contribution in [0.15, 0.2) is 24.3 Å². The van der Waals surface area contributed by atoms with E-state index in [1.807, 2.05) is 0 Å². The van der Waals surface area contributed by atoms with Crippen molar-refractivity contribution in [3.05, 3.63) is 29.3 Å². The molecule has 1 aromatic carbocycles. The molecule has 1 aliphatic rings. The number of anilines is 1. The summed E-state index contributed by atoms with van der Waals surface area (Å²) in [6.07, 6.45) is -0.0437. The smallest absolute Gasteiger partial charge is 0.328 e. The Kier molecular flexibility index (Phi) is 2.70. The van der Waals surface area contributed by atoms with Crippen molar-refractivity contribution in [3.63, 3.8) is 0 Å². The molecule has 6 heteroatoms. The summed E-state index contributed by atoms with van der Waals surface area (Å²) in [6.45, 7) is 0. The second-order valence-electron chi connectivity index (χ2n) is 3.44. The molecule has 0 radical (unpaired) electrons. The number of carbonyl (C=O) groups is 2. The van der Waals surface area contributed by atoms with E-state index in [-0.39, 0.29) is 12.3 Å². The molecule has 0 saturated carbocycles. The number of hydrogen-bond donors (Lipinski definition) is 2. The van der Waals surface area contributed by atoms with Crippen molar-refractivity contribution in [1.29, 1.82) is 0 Å². The molecule has 0 aliphatic carbocycles. The van der Waals surface area contributed by atoms with Gasteiger partial charge in [0.1, 0.15) is 0 Å². The quantitative estimate of drug-likeness (QED) is 0.810. The number of aliphatic carboxylic acids is 1. The molecule has 1 amide bonds. The molecule has 0 aromatic heterocycles. The monoisotopic (exact) mass is 240 g/mol. The Morgan fingerprint density at radius 3 is 2.62 bits per heavy atom. The van der Waals surface area contributed by atoms with E-state index in [2.05, 4.69) is 5.43 Å². The van der Waals surface area contributed by atoms with E-state index in [1.165, 1.54) is 5.01 Å². The first-order valence-electron chi connectivity index (χ1n) is 4.65. The summed E-state index contributed by atoms with van der Waals surface area (Å²) in [4.78, 5) is 22.1. The summed E-state index contributed by atoms with van der Waals surface area (Å²) in [5.41, 5.74) is 3.09. The molecular weight excluding hydrogens is 232 g/mol. The van der Waals surface area contributed by atoms with Crippen LogP contribution in [-0.2, 0) is 9.59 Å². The summed E-state index contributed by atoms with van der Waals surface area (Å²) in [5.74, 6) is -1.34. The number of hydrazine groups is 1. The number of benzene rings is 1. The van der Waals surface area contributed by atoms with Gasteiger partial charge in [-0.25, -0.2) is 4.79 Å². The summed E-state index contributed by atoms with van der Waals surface area (Å²) < 4.78 is 0. The second kappa shape index (κ2) is 4.02. The minimum atomic E-state index is -1.03. The fourth-order valence-electron chi connectivity index (χ4n) is 1.57. The van der Waals surface area contributed by atoms with E-state index >= 15 is 0 Å². The molecule has 2 N–H and O–H groups in total. The van der Waals surface area contributed by atoms with Crippen molar-refractivity contribution >= 4 is 29.2 Å². The van der Waals surface area contributed by atoms with Crippen LogP contribution in [0.4, 0.5) is 5.69 Å². The number of amides is 1. The van der Waals surface area contributed by atoms with Crippen LogP contribution in [0.25, 0.3) is 0 Å². The van der Waals surface area contributed by atoms with Crippen molar-refractivity contribution in [3.8, 4) is 0 Å². The number of carboxylic acid groups (broad SMARTS) is 1. The summed E-state index contributed by atoms with van der Waals surface area (Å²) in [5, 5.41) is 10.8. The van der Waals surface area contributed by atoms with E-state index in [0.29, 0.717) is 10.7 Å². The van der Waals surface area contributed by atoms with E-state index in [9.17, 15) is 9.59 Å². The van der Waals surface area contributed by atoms with Gasteiger partial charge in [-0.05, 0) is 24.3 Å². The number of nitrogens with zero attached hydrogens (tertiary/aromatic N) is 1. The number of hydrogen-bond acceptors (Lipinski definition) is 3. The predicted octanol–water partition coefficient (Wildman–Crippen LogP) is 1.03. The lowest BCUT2D eigenvalue weighted by Crippen LogP contribution is -2.42. The molecule has 1 heterocycles. The Hall–Kier alpha value is -1.75. The first-order chi connectivity index (χ1) is 7.58. The van der Waals surface area contributed by atoms with Crippen LogP contribution in [-0.4, -0.2) is 23.0 Å². The lowest BCUT2D eigenvalue weighted by molar-refractivity contribution is -0.138. The molecule has 16 heavy (non-hydrogen) atoms. The van der Waals surface area contributed by atoms with Crippen molar-refractivity contribution in [2.24, 2.45) is 0 Å². The van der Waals surface area contributed by atoms with Crippen molar-refractivity contribution in [2.45, 2.75) is 12.5 Å². The maximum absolute atomic E-state index is 11.2. The van der Waals surface area contributed by atoms with Crippen LogP contribution >= 0.6 is 11.6 Å². The number of halogens is 1. The molecule has 1 saturated heterocycles. The van der Waals surface area contributed by atoms with Crippen molar-refractivity contribution < 1.29 is 14.7 Å². The lowest BCUT2D eigenvalue weighted by Gasteiger charge is -2.22. The average molecular weight is 241 g/mol. The topological polar surface area (TPSA) is 69.6 Å². The zero-order chi connectivity index (χ0) is 11.7. The summed E-state index contributed by atoms with van der Waals surface area (Å²) in [6, 6.07) is 5.72. The number of carbonyl (C=O) groups excluding carboxylic acids is 1. The highest BCUT2D eigenvalue weighted by molar-refractivity contribution is 6.30. The van der Waals surface area contributed by atoms with Crippen LogP contribution in [0.3, 0.4) is 0 Å². The Bertz CT molecular complexity index is 432.